The van der Waals surface area contributed by atoms with Gasteiger partial charge in [0.15, 0.2) is 5.82 Å². The van der Waals surface area contributed by atoms with Crippen molar-refractivity contribution >= 4 is 23.4 Å². The zero-order valence-corrected chi connectivity index (χ0v) is 14.3. The molecule has 0 spiro atoms. The summed E-state index contributed by atoms with van der Waals surface area (Å²) in [7, 11) is 0. The van der Waals surface area contributed by atoms with Crippen molar-refractivity contribution in [1.82, 2.24) is 15.2 Å². The molecule has 0 aliphatic heterocycles. The minimum atomic E-state index is -0.301. The number of aromatic amines is 1. The Morgan fingerprint density at radius 2 is 1.96 bits per heavy atom. The first-order chi connectivity index (χ1) is 11.6. The molecule has 0 bridgehead atoms. The van der Waals surface area contributed by atoms with Crippen LogP contribution in [-0.4, -0.2) is 26.3 Å². The molecule has 0 radical (unpaired) electrons. The van der Waals surface area contributed by atoms with Gasteiger partial charge in [-0.05, 0) is 31.5 Å². The number of aryl methyl sites for hydroxylation is 1. The van der Waals surface area contributed by atoms with Crippen molar-refractivity contribution < 1.29 is 4.79 Å². The van der Waals surface area contributed by atoms with E-state index in [9.17, 15) is 4.79 Å². The van der Waals surface area contributed by atoms with Gasteiger partial charge in [0.2, 0.25) is 11.1 Å². The van der Waals surface area contributed by atoms with Gasteiger partial charge in [0, 0.05) is 11.3 Å². The van der Waals surface area contributed by atoms with Crippen LogP contribution in [0.3, 0.4) is 0 Å². The Labute approximate surface area is 144 Å². The minimum Gasteiger partial charge on any atom is -0.325 e. The maximum atomic E-state index is 12.3. The number of amides is 1. The molecular weight excluding hydrogens is 320 g/mol. The van der Waals surface area contributed by atoms with Gasteiger partial charge >= 0.3 is 0 Å². The molecule has 3 aromatic rings. The second kappa shape index (κ2) is 7.31. The Balaban J connectivity index is 1.63. The van der Waals surface area contributed by atoms with E-state index in [0.29, 0.717) is 11.0 Å². The fourth-order valence-corrected chi connectivity index (χ4v) is 2.93. The first kappa shape index (κ1) is 16.3. The van der Waals surface area contributed by atoms with Gasteiger partial charge < -0.3 is 5.32 Å². The van der Waals surface area contributed by atoms with Gasteiger partial charge in [0.1, 0.15) is 0 Å². The molecule has 2 aromatic carbocycles. The fourth-order valence-electron chi connectivity index (χ4n) is 2.20. The zero-order chi connectivity index (χ0) is 16.9. The van der Waals surface area contributed by atoms with Crippen LogP contribution in [0.15, 0.2) is 59.8 Å². The predicted molar refractivity (Wildman–Crippen MR) is 96.9 cm³/mol. The van der Waals surface area contributed by atoms with Crippen molar-refractivity contribution in [2.75, 3.05) is 5.32 Å². The highest BCUT2D eigenvalue weighted by molar-refractivity contribution is 8.00. The van der Waals surface area contributed by atoms with E-state index in [0.717, 1.165) is 16.8 Å². The van der Waals surface area contributed by atoms with Crippen LogP contribution >= 0.6 is 11.8 Å². The van der Waals surface area contributed by atoms with Crippen molar-refractivity contribution in [2.24, 2.45) is 0 Å². The molecule has 0 saturated heterocycles. The average Bonchev–Trinajstić information content (AvgIpc) is 3.04. The van der Waals surface area contributed by atoms with Crippen LogP contribution in [0.1, 0.15) is 12.5 Å². The highest BCUT2D eigenvalue weighted by Crippen LogP contribution is 2.23. The number of hydrogen-bond acceptors (Lipinski definition) is 4. The number of rotatable bonds is 5. The molecule has 6 heteroatoms. The van der Waals surface area contributed by atoms with Crippen molar-refractivity contribution in [1.29, 1.82) is 0 Å². The summed E-state index contributed by atoms with van der Waals surface area (Å²) in [5, 5.41) is 10.3. The van der Waals surface area contributed by atoms with E-state index in [1.807, 2.05) is 68.4 Å². The molecule has 5 nitrogen and oxygen atoms in total. The summed E-state index contributed by atoms with van der Waals surface area (Å²) in [4.78, 5) is 16.7. The zero-order valence-electron chi connectivity index (χ0n) is 13.5. The van der Waals surface area contributed by atoms with E-state index in [1.54, 1.807) is 0 Å². The number of carbonyl (C=O) groups is 1. The smallest absolute Gasteiger partial charge is 0.237 e. The maximum Gasteiger partial charge on any atom is 0.237 e. The Hall–Kier alpha value is -2.60. The summed E-state index contributed by atoms with van der Waals surface area (Å²) in [5.74, 6) is 0.626. The summed E-state index contributed by atoms with van der Waals surface area (Å²) in [6.45, 7) is 3.83. The molecule has 1 amide bonds. The molecule has 24 heavy (non-hydrogen) atoms. The van der Waals surface area contributed by atoms with Gasteiger partial charge in [0.05, 0.1) is 5.25 Å². The summed E-state index contributed by atoms with van der Waals surface area (Å²) in [6, 6.07) is 17.5. The first-order valence-corrected chi connectivity index (χ1v) is 8.52. The number of nitrogens with one attached hydrogen (secondary N) is 2. The number of benzene rings is 2. The average molecular weight is 338 g/mol. The molecule has 0 aliphatic rings. The lowest BCUT2D eigenvalue weighted by atomic mass is 10.2. The lowest BCUT2D eigenvalue weighted by molar-refractivity contribution is -0.115. The van der Waals surface area contributed by atoms with Crippen LogP contribution in [0, 0.1) is 6.92 Å². The van der Waals surface area contributed by atoms with E-state index >= 15 is 0 Å². The highest BCUT2D eigenvalue weighted by atomic mass is 32.2. The van der Waals surface area contributed by atoms with Gasteiger partial charge in [-0.25, -0.2) is 4.98 Å². The molecule has 1 aromatic heterocycles. The van der Waals surface area contributed by atoms with Gasteiger partial charge in [-0.3, -0.25) is 9.89 Å². The van der Waals surface area contributed by atoms with E-state index in [4.69, 9.17) is 0 Å². The standard InChI is InChI=1S/C18H18N4OS/c1-12-7-6-10-15(11-12)19-17(23)13(2)24-18-20-16(21-22-18)14-8-4-3-5-9-14/h3-11,13H,1-2H3,(H,19,23)(H,20,21,22)/t13-/m0/s1. The van der Waals surface area contributed by atoms with Crippen molar-refractivity contribution in [3.63, 3.8) is 0 Å². The molecule has 0 unspecified atom stereocenters. The Morgan fingerprint density at radius 1 is 1.17 bits per heavy atom. The number of anilines is 1. The number of nitrogens with zero attached hydrogens (tertiary/aromatic N) is 2. The Kier molecular flexibility index (Phi) is 4.96. The third kappa shape index (κ3) is 4.02. The van der Waals surface area contributed by atoms with Gasteiger partial charge in [-0.1, -0.05) is 54.2 Å². The molecular formula is C18H18N4OS. The monoisotopic (exact) mass is 338 g/mol. The summed E-state index contributed by atoms with van der Waals surface area (Å²) in [6.07, 6.45) is 0. The van der Waals surface area contributed by atoms with Crippen LogP contribution in [0.4, 0.5) is 5.69 Å². The van der Waals surface area contributed by atoms with Crippen LogP contribution in [0.25, 0.3) is 11.4 Å². The van der Waals surface area contributed by atoms with Crippen molar-refractivity contribution in [3.05, 3.63) is 60.2 Å². The molecule has 0 aliphatic carbocycles. The van der Waals surface area contributed by atoms with Crippen LogP contribution in [0.2, 0.25) is 0 Å². The number of hydrogen-bond donors (Lipinski definition) is 2. The number of carbonyl (C=O) groups excluding carboxylic acids is 1. The summed E-state index contributed by atoms with van der Waals surface area (Å²) >= 11 is 1.33. The Bertz CT molecular complexity index is 832. The lowest BCUT2D eigenvalue weighted by Gasteiger charge is -2.10. The molecule has 2 N–H and O–H groups in total. The third-order valence-electron chi connectivity index (χ3n) is 3.45. The normalized spacial score (nSPS) is 11.9. The second-order valence-electron chi connectivity index (χ2n) is 5.45. The topological polar surface area (TPSA) is 70.7 Å². The van der Waals surface area contributed by atoms with Crippen molar-refractivity contribution in [3.8, 4) is 11.4 Å². The molecule has 1 atom stereocenters. The van der Waals surface area contributed by atoms with E-state index in [-0.39, 0.29) is 11.2 Å². The van der Waals surface area contributed by atoms with E-state index in [1.165, 1.54) is 11.8 Å². The summed E-state index contributed by atoms with van der Waals surface area (Å²) < 4.78 is 0. The van der Waals surface area contributed by atoms with Crippen molar-refractivity contribution in [2.45, 2.75) is 24.3 Å². The van der Waals surface area contributed by atoms with Gasteiger partial charge in [-0.15, -0.1) is 5.10 Å². The van der Waals surface area contributed by atoms with Gasteiger partial charge in [-0.2, -0.15) is 0 Å². The maximum absolute atomic E-state index is 12.3. The summed E-state index contributed by atoms with van der Waals surface area (Å²) in [5.41, 5.74) is 2.87. The fraction of sp³-hybridized carbons (Fsp3) is 0.167. The third-order valence-corrected chi connectivity index (χ3v) is 4.41. The molecule has 122 valence electrons. The lowest BCUT2D eigenvalue weighted by Crippen LogP contribution is -2.22. The predicted octanol–water partition coefficient (Wildman–Crippen LogP) is 3.90. The number of thioether (sulfide) groups is 1. The molecule has 0 saturated carbocycles. The van der Waals surface area contributed by atoms with Crippen LogP contribution < -0.4 is 5.32 Å². The SMILES string of the molecule is Cc1cccc(NC(=O)[C@H](C)Sc2n[nH]c(-c3ccccc3)n2)c1. The van der Waals surface area contributed by atoms with E-state index in [2.05, 4.69) is 20.5 Å². The number of aromatic nitrogens is 3. The largest absolute Gasteiger partial charge is 0.325 e. The number of H-pyrrole nitrogens is 1. The second-order valence-corrected chi connectivity index (χ2v) is 6.76. The van der Waals surface area contributed by atoms with Gasteiger partial charge in [0.25, 0.3) is 0 Å². The Morgan fingerprint density at radius 3 is 2.71 bits per heavy atom. The minimum absolute atomic E-state index is 0.0725. The highest BCUT2D eigenvalue weighted by Gasteiger charge is 2.17. The molecule has 3 rings (SSSR count). The molecule has 0 fully saturated rings. The van der Waals surface area contributed by atoms with Crippen LogP contribution in [0.5, 0.6) is 0 Å². The first-order valence-electron chi connectivity index (χ1n) is 7.64. The molecule has 1 heterocycles. The van der Waals surface area contributed by atoms with Crippen LogP contribution in [-0.2, 0) is 4.79 Å². The quantitative estimate of drug-likeness (QED) is 0.692. The van der Waals surface area contributed by atoms with E-state index < -0.39 is 0 Å².